The van der Waals surface area contributed by atoms with E-state index >= 15 is 0 Å². The number of benzene rings is 2. The van der Waals surface area contributed by atoms with Crippen LogP contribution in [0.25, 0.3) is 10.9 Å². The van der Waals surface area contributed by atoms with Crippen LogP contribution in [0.2, 0.25) is 0 Å². The van der Waals surface area contributed by atoms with E-state index < -0.39 is 0 Å². The average Bonchev–Trinajstić information content (AvgIpc) is 2.64. The van der Waals surface area contributed by atoms with E-state index in [2.05, 4.69) is 10.3 Å². The molecule has 0 radical (unpaired) electrons. The van der Waals surface area contributed by atoms with Crippen LogP contribution < -0.4 is 10.9 Å². The molecule has 0 saturated carbocycles. The molecule has 3 aromatic rings. The maximum Gasteiger partial charge on any atom is 0.262 e. The highest BCUT2D eigenvalue weighted by atomic mass is 32.1. The molecule has 0 fully saturated rings. The Kier molecular flexibility index (Phi) is 5.58. The molecule has 7 heteroatoms. The number of aromatic nitrogens is 2. The Morgan fingerprint density at radius 1 is 1.15 bits per heavy atom. The molecule has 0 unspecified atom stereocenters. The van der Waals surface area contributed by atoms with Gasteiger partial charge in [-0.15, -0.1) is 0 Å². The first-order valence-corrected chi connectivity index (χ1v) is 8.68. The number of carbonyl (C=O) groups is 1. The molecule has 0 aliphatic rings. The number of amides is 1. The summed E-state index contributed by atoms with van der Waals surface area (Å²) in [6, 6.07) is 13.2. The Labute approximate surface area is 154 Å². The van der Waals surface area contributed by atoms with Crippen LogP contribution >= 0.6 is 12.2 Å². The van der Waals surface area contributed by atoms with E-state index in [0.717, 1.165) is 5.56 Å². The van der Waals surface area contributed by atoms with Crippen LogP contribution in [-0.2, 0) is 17.9 Å². The summed E-state index contributed by atoms with van der Waals surface area (Å²) in [4.78, 5) is 27.5. The van der Waals surface area contributed by atoms with Crippen molar-refractivity contribution >= 4 is 29.0 Å². The van der Waals surface area contributed by atoms with Gasteiger partial charge in [0.2, 0.25) is 5.91 Å². The lowest BCUT2D eigenvalue weighted by Crippen LogP contribution is -2.25. The third-order valence-electron chi connectivity index (χ3n) is 4.08. The van der Waals surface area contributed by atoms with E-state index in [1.165, 1.54) is 16.7 Å². The van der Waals surface area contributed by atoms with Gasteiger partial charge in [0, 0.05) is 19.5 Å². The summed E-state index contributed by atoms with van der Waals surface area (Å²) in [7, 11) is 0. The molecule has 1 heterocycles. The minimum atomic E-state index is -0.308. The van der Waals surface area contributed by atoms with Crippen LogP contribution in [-0.4, -0.2) is 15.5 Å². The number of aromatic amines is 1. The fourth-order valence-electron chi connectivity index (χ4n) is 2.69. The van der Waals surface area contributed by atoms with Crippen molar-refractivity contribution < 1.29 is 9.18 Å². The maximum atomic E-state index is 12.8. The number of fused-ring (bicyclic) bond motifs is 1. The smallest absolute Gasteiger partial charge is 0.262 e. The lowest BCUT2D eigenvalue weighted by Gasteiger charge is -2.09. The van der Waals surface area contributed by atoms with Crippen LogP contribution in [0.4, 0.5) is 4.39 Å². The van der Waals surface area contributed by atoms with Crippen LogP contribution in [0.1, 0.15) is 18.4 Å². The fourth-order valence-corrected chi connectivity index (χ4v) is 2.98. The van der Waals surface area contributed by atoms with Gasteiger partial charge in [-0.25, -0.2) is 4.39 Å². The molecule has 2 aromatic carbocycles. The summed E-state index contributed by atoms with van der Waals surface area (Å²) < 4.78 is 14.7. The molecule has 0 aliphatic heterocycles. The lowest BCUT2D eigenvalue weighted by molar-refractivity contribution is -0.121. The van der Waals surface area contributed by atoms with Gasteiger partial charge in [-0.3, -0.25) is 14.2 Å². The first-order chi connectivity index (χ1) is 12.5. The normalized spacial score (nSPS) is 10.8. The topological polar surface area (TPSA) is 66.9 Å². The Morgan fingerprint density at radius 3 is 2.65 bits per heavy atom. The molecular weight excluding hydrogens is 353 g/mol. The van der Waals surface area contributed by atoms with Crippen LogP contribution in [0, 0.1) is 10.6 Å². The molecule has 134 valence electrons. The van der Waals surface area contributed by atoms with Gasteiger partial charge in [-0.2, -0.15) is 0 Å². The number of halogens is 1. The van der Waals surface area contributed by atoms with Crippen molar-refractivity contribution in [1.29, 1.82) is 0 Å². The average molecular weight is 371 g/mol. The molecule has 3 rings (SSSR count). The number of hydrogen-bond donors (Lipinski definition) is 2. The van der Waals surface area contributed by atoms with E-state index in [4.69, 9.17) is 12.2 Å². The summed E-state index contributed by atoms with van der Waals surface area (Å²) >= 11 is 5.25. The quantitative estimate of drug-likeness (QED) is 0.654. The highest BCUT2D eigenvalue weighted by Gasteiger charge is 2.07. The molecule has 1 amide bonds. The Bertz CT molecular complexity index is 1040. The minimum absolute atomic E-state index is 0.127. The summed E-state index contributed by atoms with van der Waals surface area (Å²) in [5, 5.41) is 3.35. The SMILES string of the molecule is O=C(CCCn1c(=S)[nH]c2ccccc2c1=O)NCc1ccc(F)cc1. The first-order valence-electron chi connectivity index (χ1n) is 8.27. The molecule has 0 spiro atoms. The van der Waals surface area contributed by atoms with E-state index in [1.54, 1.807) is 30.3 Å². The van der Waals surface area contributed by atoms with Gasteiger partial charge in [0.25, 0.3) is 5.56 Å². The zero-order valence-electron chi connectivity index (χ0n) is 14.0. The predicted molar refractivity (Wildman–Crippen MR) is 101 cm³/mol. The largest absolute Gasteiger partial charge is 0.352 e. The lowest BCUT2D eigenvalue weighted by atomic mass is 10.2. The van der Waals surface area contributed by atoms with Crippen molar-refractivity contribution in [2.75, 3.05) is 0 Å². The van der Waals surface area contributed by atoms with Gasteiger partial charge in [-0.05, 0) is 48.5 Å². The first kappa shape index (κ1) is 18.0. The number of H-pyrrole nitrogens is 1. The van der Waals surface area contributed by atoms with Crippen molar-refractivity contribution in [2.24, 2.45) is 0 Å². The summed E-state index contributed by atoms with van der Waals surface area (Å²) in [5.41, 5.74) is 1.37. The number of para-hydroxylation sites is 1. The third kappa shape index (κ3) is 4.23. The van der Waals surface area contributed by atoms with Crippen molar-refractivity contribution in [1.82, 2.24) is 14.9 Å². The maximum absolute atomic E-state index is 12.8. The molecule has 26 heavy (non-hydrogen) atoms. The second kappa shape index (κ2) is 8.05. The van der Waals surface area contributed by atoms with Crippen molar-refractivity contribution in [3.63, 3.8) is 0 Å². The molecule has 2 N–H and O–H groups in total. The Morgan fingerprint density at radius 2 is 1.88 bits per heavy atom. The van der Waals surface area contributed by atoms with Crippen LogP contribution in [0.3, 0.4) is 0 Å². The second-order valence-corrected chi connectivity index (χ2v) is 6.33. The predicted octanol–water partition coefficient (Wildman–Crippen LogP) is 3.29. The number of hydrogen-bond acceptors (Lipinski definition) is 3. The van der Waals surface area contributed by atoms with Crippen LogP contribution in [0.5, 0.6) is 0 Å². The van der Waals surface area contributed by atoms with Gasteiger partial charge >= 0.3 is 0 Å². The second-order valence-electron chi connectivity index (χ2n) is 5.94. The van der Waals surface area contributed by atoms with Crippen molar-refractivity contribution in [3.05, 3.63) is 75.0 Å². The Balaban J connectivity index is 1.57. The number of carbonyl (C=O) groups excluding carboxylic acids is 1. The van der Waals surface area contributed by atoms with Gasteiger partial charge in [0.15, 0.2) is 4.77 Å². The molecular formula is C19H18FN3O2S. The van der Waals surface area contributed by atoms with E-state index in [9.17, 15) is 14.0 Å². The highest BCUT2D eigenvalue weighted by Crippen LogP contribution is 2.07. The van der Waals surface area contributed by atoms with E-state index in [-0.39, 0.29) is 23.7 Å². The van der Waals surface area contributed by atoms with E-state index in [1.807, 2.05) is 6.07 Å². The monoisotopic (exact) mass is 371 g/mol. The fraction of sp³-hybridized carbons (Fsp3) is 0.211. The minimum Gasteiger partial charge on any atom is -0.352 e. The highest BCUT2D eigenvalue weighted by molar-refractivity contribution is 7.71. The summed E-state index contributed by atoms with van der Waals surface area (Å²) in [5.74, 6) is -0.435. The molecule has 0 bridgehead atoms. The third-order valence-corrected chi connectivity index (χ3v) is 4.40. The van der Waals surface area contributed by atoms with Gasteiger partial charge in [0.1, 0.15) is 5.82 Å². The summed E-state index contributed by atoms with van der Waals surface area (Å²) in [6.45, 7) is 0.706. The van der Waals surface area contributed by atoms with Crippen molar-refractivity contribution in [3.8, 4) is 0 Å². The molecule has 0 atom stereocenters. The van der Waals surface area contributed by atoms with Gasteiger partial charge in [0.05, 0.1) is 10.9 Å². The van der Waals surface area contributed by atoms with Crippen LogP contribution in [0.15, 0.2) is 53.3 Å². The number of nitrogens with zero attached hydrogens (tertiary/aromatic N) is 1. The van der Waals surface area contributed by atoms with Crippen molar-refractivity contribution in [2.45, 2.75) is 25.9 Å². The number of nitrogens with one attached hydrogen (secondary N) is 2. The molecule has 0 saturated heterocycles. The van der Waals surface area contributed by atoms with E-state index in [0.29, 0.717) is 35.2 Å². The zero-order chi connectivity index (χ0) is 18.5. The van der Waals surface area contributed by atoms with Gasteiger partial charge < -0.3 is 10.3 Å². The Hall–Kier alpha value is -2.80. The molecule has 0 aliphatic carbocycles. The zero-order valence-corrected chi connectivity index (χ0v) is 14.8. The molecule has 5 nitrogen and oxygen atoms in total. The van der Waals surface area contributed by atoms with Gasteiger partial charge in [-0.1, -0.05) is 24.3 Å². The summed E-state index contributed by atoms with van der Waals surface area (Å²) in [6.07, 6.45) is 0.764. The standard InChI is InChI=1S/C19H18FN3O2S/c20-14-9-7-13(8-10-14)12-21-17(24)6-3-11-23-18(25)15-4-1-2-5-16(15)22-19(23)26/h1-2,4-5,7-10H,3,6,11-12H2,(H,21,24)(H,22,26). The number of rotatable bonds is 6. The molecule has 1 aromatic heterocycles.